The molecular formula is C16H16N4O4. The van der Waals surface area contributed by atoms with E-state index in [0.29, 0.717) is 23.1 Å². The van der Waals surface area contributed by atoms with Crippen molar-refractivity contribution in [2.75, 3.05) is 14.2 Å². The van der Waals surface area contributed by atoms with Crippen molar-refractivity contribution in [3.8, 4) is 22.8 Å². The van der Waals surface area contributed by atoms with Gasteiger partial charge in [0.1, 0.15) is 0 Å². The first-order chi connectivity index (χ1) is 11.6. The lowest BCUT2D eigenvalue weighted by Gasteiger charge is -2.10. The maximum absolute atomic E-state index is 10.7. The topological polar surface area (TPSA) is 98.8 Å². The molecule has 0 saturated carbocycles. The van der Waals surface area contributed by atoms with E-state index in [9.17, 15) is 4.79 Å². The summed E-state index contributed by atoms with van der Waals surface area (Å²) < 4.78 is 12.2. The van der Waals surface area contributed by atoms with Crippen LogP contribution in [0.2, 0.25) is 0 Å². The summed E-state index contributed by atoms with van der Waals surface area (Å²) in [6.07, 6.45) is 1.86. The Morgan fingerprint density at radius 1 is 1.21 bits per heavy atom. The molecule has 0 aliphatic carbocycles. The number of carboxylic acid groups (broad SMARTS) is 1. The average molecular weight is 328 g/mol. The maximum atomic E-state index is 10.7. The number of aliphatic carboxylic acids is 1. The number of aromatic nitrogens is 4. The van der Waals surface area contributed by atoms with Crippen LogP contribution >= 0.6 is 0 Å². The Morgan fingerprint density at radius 2 is 2.00 bits per heavy atom. The third kappa shape index (κ3) is 2.98. The molecule has 3 aromatic rings. The molecule has 0 radical (unpaired) electrons. The van der Waals surface area contributed by atoms with Gasteiger partial charge in [0.2, 0.25) is 0 Å². The number of hydrogen-bond acceptors (Lipinski definition) is 6. The van der Waals surface area contributed by atoms with Crippen molar-refractivity contribution in [1.29, 1.82) is 0 Å². The van der Waals surface area contributed by atoms with Crippen molar-refractivity contribution in [3.05, 3.63) is 36.3 Å². The van der Waals surface area contributed by atoms with Crippen molar-refractivity contribution >= 4 is 11.7 Å². The van der Waals surface area contributed by atoms with E-state index in [1.165, 1.54) is 0 Å². The second kappa shape index (κ2) is 6.53. The molecule has 0 atom stereocenters. The van der Waals surface area contributed by atoms with E-state index in [1.807, 2.05) is 24.3 Å². The van der Waals surface area contributed by atoms with Gasteiger partial charge in [0.25, 0.3) is 5.78 Å². The van der Waals surface area contributed by atoms with Gasteiger partial charge in [-0.25, -0.2) is 4.98 Å². The van der Waals surface area contributed by atoms with Crippen molar-refractivity contribution in [1.82, 2.24) is 19.6 Å². The molecule has 0 fully saturated rings. The monoisotopic (exact) mass is 328 g/mol. The van der Waals surface area contributed by atoms with E-state index in [-0.39, 0.29) is 12.8 Å². The van der Waals surface area contributed by atoms with Gasteiger partial charge in [-0.05, 0) is 24.3 Å². The van der Waals surface area contributed by atoms with E-state index in [4.69, 9.17) is 14.6 Å². The lowest BCUT2D eigenvalue weighted by Crippen LogP contribution is -2.00. The van der Waals surface area contributed by atoms with Gasteiger partial charge in [0.15, 0.2) is 17.3 Å². The second-order valence-corrected chi connectivity index (χ2v) is 5.03. The predicted molar refractivity (Wildman–Crippen MR) is 85.3 cm³/mol. The highest BCUT2D eigenvalue weighted by Crippen LogP contribution is 2.32. The minimum Gasteiger partial charge on any atom is -0.493 e. The summed E-state index contributed by atoms with van der Waals surface area (Å²) >= 11 is 0. The Balaban J connectivity index is 2.04. The van der Waals surface area contributed by atoms with Gasteiger partial charge >= 0.3 is 5.97 Å². The fourth-order valence-corrected chi connectivity index (χ4v) is 2.37. The minimum atomic E-state index is -0.887. The van der Waals surface area contributed by atoms with Crippen LogP contribution in [-0.2, 0) is 11.2 Å². The molecule has 2 heterocycles. The van der Waals surface area contributed by atoms with E-state index < -0.39 is 5.97 Å². The van der Waals surface area contributed by atoms with Gasteiger partial charge < -0.3 is 14.6 Å². The third-order valence-electron chi connectivity index (χ3n) is 3.53. The zero-order chi connectivity index (χ0) is 17.1. The molecule has 0 aliphatic heterocycles. The smallest absolute Gasteiger partial charge is 0.303 e. The zero-order valence-corrected chi connectivity index (χ0v) is 13.3. The van der Waals surface area contributed by atoms with Crippen LogP contribution in [0, 0.1) is 0 Å². The van der Waals surface area contributed by atoms with E-state index in [2.05, 4.69) is 15.1 Å². The van der Waals surface area contributed by atoms with Crippen LogP contribution in [0.3, 0.4) is 0 Å². The van der Waals surface area contributed by atoms with Gasteiger partial charge in [-0.3, -0.25) is 4.79 Å². The highest BCUT2D eigenvalue weighted by molar-refractivity contribution is 5.67. The van der Waals surface area contributed by atoms with E-state index in [0.717, 1.165) is 11.3 Å². The number of methoxy groups -OCH3 is 2. The summed E-state index contributed by atoms with van der Waals surface area (Å²) in [5, 5.41) is 13.2. The first-order valence-electron chi connectivity index (χ1n) is 7.27. The predicted octanol–water partition coefficient (Wildman–Crippen LogP) is 1.83. The molecule has 124 valence electrons. The number of ether oxygens (including phenoxy) is 2. The average Bonchev–Trinajstić information content (AvgIpc) is 3.02. The van der Waals surface area contributed by atoms with Crippen molar-refractivity contribution in [3.63, 3.8) is 0 Å². The molecule has 0 spiro atoms. The molecule has 0 unspecified atom stereocenters. The van der Waals surface area contributed by atoms with Crippen molar-refractivity contribution in [2.45, 2.75) is 12.8 Å². The second-order valence-electron chi connectivity index (χ2n) is 5.03. The van der Waals surface area contributed by atoms with Gasteiger partial charge in [-0.2, -0.15) is 9.50 Å². The Bertz CT molecular complexity index is 891. The third-order valence-corrected chi connectivity index (χ3v) is 3.53. The van der Waals surface area contributed by atoms with E-state index >= 15 is 0 Å². The first-order valence-corrected chi connectivity index (χ1v) is 7.27. The van der Waals surface area contributed by atoms with Crippen LogP contribution in [0.4, 0.5) is 0 Å². The molecule has 24 heavy (non-hydrogen) atoms. The molecule has 8 heteroatoms. The number of hydrogen-bond donors (Lipinski definition) is 1. The molecule has 0 bridgehead atoms. The van der Waals surface area contributed by atoms with E-state index in [1.54, 1.807) is 24.9 Å². The molecule has 1 N–H and O–H groups in total. The summed E-state index contributed by atoms with van der Waals surface area (Å²) in [4.78, 5) is 19.1. The molecule has 2 aromatic heterocycles. The normalized spacial score (nSPS) is 10.8. The number of carbonyl (C=O) groups is 1. The molecule has 0 saturated heterocycles. The summed E-state index contributed by atoms with van der Waals surface area (Å²) in [5.41, 5.74) is 1.63. The first kappa shape index (κ1) is 15.7. The Labute approximate surface area is 137 Å². The highest BCUT2D eigenvalue weighted by Gasteiger charge is 2.13. The lowest BCUT2D eigenvalue weighted by atomic mass is 10.1. The molecule has 0 amide bonds. The van der Waals surface area contributed by atoms with Crippen LogP contribution in [0.5, 0.6) is 11.5 Å². The number of rotatable bonds is 6. The van der Waals surface area contributed by atoms with Crippen molar-refractivity contribution < 1.29 is 19.4 Å². The standard InChI is InChI=1S/C16H16N4O4/c1-23-12-4-3-10(9-13(12)24-2)11-7-8-17-16-18-14(19-20(11)16)5-6-15(21)22/h3-4,7-9H,5-6H2,1-2H3,(H,21,22). The summed E-state index contributed by atoms with van der Waals surface area (Å²) in [5.74, 6) is 1.21. The van der Waals surface area contributed by atoms with Crippen LogP contribution in [0.25, 0.3) is 17.0 Å². The Kier molecular flexibility index (Phi) is 4.28. The van der Waals surface area contributed by atoms with Crippen LogP contribution < -0.4 is 9.47 Å². The summed E-state index contributed by atoms with van der Waals surface area (Å²) in [6.45, 7) is 0. The molecule has 1 aromatic carbocycles. The number of fused-ring (bicyclic) bond motifs is 1. The highest BCUT2D eigenvalue weighted by atomic mass is 16.5. The quantitative estimate of drug-likeness (QED) is 0.737. The summed E-state index contributed by atoms with van der Waals surface area (Å²) in [6, 6.07) is 7.34. The fourth-order valence-electron chi connectivity index (χ4n) is 2.37. The maximum Gasteiger partial charge on any atom is 0.303 e. The Hall–Kier alpha value is -3.16. The Morgan fingerprint density at radius 3 is 2.71 bits per heavy atom. The largest absolute Gasteiger partial charge is 0.493 e. The van der Waals surface area contributed by atoms with Crippen LogP contribution in [-0.4, -0.2) is 44.9 Å². The number of aryl methyl sites for hydroxylation is 1. The van der Waals surface area contributed by atoms with Crippen molar-refractivity contribution in [2.24, 2.45) is 0 Å². The van der Waals surface area contributed by atoms with Crippen LogP contribution in [0.1, 0.15) is 12.2 Å². The zero-order valence-electron chi connectivity index (χ0n) is 13.3. The molecular weight excluding hydrogens is 312 g/mol. The van der Waals surface area contributed by atoms with Crippen LogP contribution in [0.15, 0.2) is 30.5 Å². The van der Waals surface area contributed by atoms with Gasteiger partial charge in [0, 0.05) is 18.2 Å². The summed E-state index contributed by atoms with van der Waals surface area (Å²) in [7, 11) is 3.15. The lowest BCUT2D eigenvalue weighted by molar-refractivity contribution is -0.137. The number of carboxylic acids is 1. The number of nitrogens with zero attached hydrogens (tertiary/aromatic N) is 4. The molecule has 8 nitrogen and oxygen atoms in total. The minimum absolute atomic E-state index is 0.0252. The SMILES string of the molecule is COc1ccc(-c2ccnc3nc(CCC(=O)O)nn23)cc1OC. The van der Waals surface area contributed by atoms with Gasteiger partial charge in [-0.1, -0.05) is 0 Å². The van der Waals surface area contributed by atoms with Gasteiger partial charge in [0.05, 0.1) is 26.3 Å². The molecule has 0 aliphatic rings. The van der Waals surface area contributed by atoms with Gasteiger partial charge in [-0.15, -0.1) is 5.10 Å². The fraction of sp³-hybridized carbons (Fsp3) is 0.250. The number of benzene rings is 1. The molecule has 3 rings (SSSR count).